The van der Waals surface area contributed by atoms with Gasteiger partial charge in [0.05, 0.1) is 12.7 Å². The van der Waals surface area contributed by atoms with E-state index >= 15 is 0 Å². The second kappa shape index (κ2) is 5.48. The zero-order valence-electron chi connectivity index (χ0n) is 7.42. The van der Waals surface area contributed by atoms with E-state index in [1.807, 2.05) is 19.1 Å². The van der Waals surface area contributed by atoms with Crippen LogP contribution in [0.3, 0.4) is 0 Å². The van der Waals surface area contributed by atoms with Crippen LogP contribution in [0.5, 0.6) is 0 Å². The van der Waals surface area contributed by atoms with Crippen LogP contribution in [0.2, 0.25) is 0 Å². The molecule has 0 aromatic heterocycles. The first-order chi connectivity index (χ1) is 4.68. The van der Waals surface area contributed by atoms with E-state index < -0.39 is 0 Å². The molecule has 0 aromatic carbocycles. The highest BCUT2D eigenvalue weighted by atomic mass is 16.5. The molecule has 1 nitrogen and oxygen atoms in total. The second-order valence-electron chi connectivity index (χ2n) is 2.85. The van der Waals surface area contributed by atoms with Gasteiger partial charge in [-0.1, -0.05) is 26.0 Å². The Morgan fingerprint density at radius 1 is 1.30 bits per heavy atom. The van der Waals surface area contributed by atoms with Crippen LogP contribution in [0, 0.1) is 5.92 Å². The van der Waals surface area contributed by atoms with Crippen molar-refractivity contribution in [3.8, 4) is 0 Å². The molecule has 0 N–H and O–H groups in total. The molecule has 60 valence electrons. The van der Waals surface area contributed by atoms with Crippen molar-refractivity contribution in [1.82, 2.24) is 0 Å². The van der Waals surface area contributed by atoms with Crippen molar-refractivity contribution in [3.05, 3.63) is 12.2 Å². The van der Waals surface area contributed by atoms with Crippen LogP contribution >= 0.6 is 0 Å². The van der Waals surface area contributed by atoms with Gasteiger partial charge >= 0.3 is 0 Å². The third kappa shape index (κ3) is 4.57. The first-order valence-corrected chi connectivity index (χ1v) is 3.91. The second-order valence-corrected chi connectivity index (χ2v) is 2.85. The number of hydrogen-bond acceptors (Lipinski definition) is 1. The molecule has 0 aliphatic carbocycles. The minimum atomic E-state index is 0.371. The highest BCUT2D eigenvalue weighted by Gasteiger charge is 2.04. The average Bonchev–Trinajstić information content (AvgIpc) is 1.88. The van der Waals surface area contributed by atoms with Crippen LogP contribution in [0.1, 0.15) is 27.7 Å². The van der Waals surface area contributed by atoms with Gasteiger partial charge in [0.25, 0.3) is 0 Å². The maximum absolute atomic E-state index is 5.46. The molecule has 0 fully saturated rings. The maximum Gasteiger partial charge on any atom is 0.0651 e. The van der Waals surface area contributed by atoms with Crippen LogP contribution < -0.4 is 0 Å². The third-order valence-corrected chi connectivity index (χ3v) is 1.63. The van der Waals surface area contributed by atoms with Crippen molar-refractivity contribution in [3.63, 3.8) is 0 Å². The molecular weight excluding hydrogens is 124 g/mol. The Morgan fingerprint density at radius 2 is 1.90 bits per heavy atom. The van der Waals surface area contributed by atoms with E-state index in [4.69, 9.17) is 4.74 Å². The van der Waals surface area contributed by atoms with Crippen molar-refractivity contribution in [2.45, 2.75) is 33.8 Å². The van der Waals surface area contributed by atoms with E-state index in [1.54, 1.807) is 0 Å². The molecule has 10 heavy (non-hydrogen) atoms. The average molecular weight is 142 g/mol. The number of hydrogen-bond donors (Lipinski definition) is 0. The van der Waals surface area contributed by atoms with Gasteiger partial charge in [0.15, 0.2) is 0 Å². The van der Waals surface area contributed by atoms with Gasteiger partial charge in [-0.15, -0.1) is 0 Å². The third-order valence-electron chi connectivity index (χ3n) is 1.63. The predicted molar refractivity (Wildman–Crippen MR) is 45.1 cm³/mol. The molecule has 0 spiro atoms. The standard InChI is InChI=1S/C9H18O/c1-5-6-7-10-9(4)8(2)3/h5-6,8-9H,7H2,1-4H3/b6-5+. The van der Waals surface area contributed by atoms with Crippen LogP contribution in [-0.2, 0) is 4.74 Å². The SMILES string of the molecule is C/C=C/COC(C)C(C)C. The highest BCUT2D eigenvalue weighted by Crippen LogP contribution is 2.04. The Kier molecular flexibility index (Phi) is 5.32. The summed E-state index contributed by atoms with van der Waals surface area (Å²) in [6.45, 7) is 9.19. The summed E-state index contributed by atoms with van der Waals surface area (Å²) in [6, 6.07) is 0. The monoisotopic (exact) mass is 142 g/mol. The lowest BCUT2D eigenvalue weighted by Gasteiger charge is -2.14. The molecule has 1 atom stereocenters. The molecular formula is C9H18O. The first kappa shape index (κ1) is 9.70. The molecule has 0 rings (SSSR count). The quantitative estimate of drug-likeness (QED) is 0.548. The van der Waals surface area contributed by atoms with Crippen molar-refractivity contribution in [1.29, 1.82) is 0 Å². The summed E-state index contributed by atoms with van der Waals surface area (Å²) in [5.41, 5.74) is 0. The van der Waals surface area contributed by atoms with Gasteiger partial charge in [0.1, 0.15) is 0 Å². The van der Waals surface area contributed by atoms with Gasteiger partial charge in [-0.25, -0.2) is 0 Å². The fraction of sp³-hybridized carbons (Fsp3) is 0.778. The maximum atomic E-state index is 5.46. The Balaban J connectivity index is 3.30. The van der Waals surface area contributed by atoms with Crippen LogP contribution in [0.25, 0.3) is 0 Å². The number of ether oxygens (including phenoxy) is 1. The molecule has 0 heterocycles. The van der Waals surface area contributed by atoms with E-state index in [2.05, 4.69) is 20.8 Å². The van der Waals surface area contributed by atoms with Crippen molar-refractivity contribution in [2.24, 2.45) is 5.92 Å². The molecule has 1 unspecified atom stereocenters. The molecule has 1 heteroatoms. The molecule has 0 saturated carbocycles. The lowest BCUT2D eigenvalue weighted by atomic mass is 10.1. The van der Waals surface area contributed by atoms with Crippen LogP contribution in [-0.4, -0.2) is 12.7 Å². The lowest BCUT2D eigenvalue weighted by Crippen LogP contribution is -2.15. The fourth-order valence-electron chi connectivity index (χ4n) is 0.496. The highest BCUT2D eigenvalue weighted by molar-refractivity contribution is 4.76. The van der Waals surface area contributed by atoms with Crippen molar-refractivity contribution < 1.29 is 4.74 Å². The first-order valence-electron chi connectivity index (χ1n) is 3.91. The molecule has 0 bridgehead atoms. The smallest absolute Gasteiger partial charge is 0.0651 e. The molecule has 0 aliphatic heterocycles. The molecule has 0 amide bonds. The summed E-state index contributed by atoms with van der Waals surface area (Å²) in [4.78, 5) is 0. The summed E-state index contributed by atoms with van der Waals surface area (Å²) in [6.07, 6.45) is 4.41. The summed E-state index contributed by atoms with van der Waals surface area (Å²) in [5, 5.41) is 0. The van der Waals surface area contributed by atoms with Gasteiger partial charge < -0.3 is 4.74 Å². The number of allylic oxidation sites excluding steroid dienone is 1. The largest absolute Gasteiger partial charge is 0.374 e. The Bertz CT molecular complexity index is 94.9. The Hall–Kier alpha value is -0.300. The molecule has 0 radical (unpaired) electrons. The topological polar surface area (TPSA) is 9.23 Å². The lowest BCUT2D eigenvalue weighted by molar-refractivity contribution is 0.0546. The van der Waals surface area contributed by atoms with Gasteiger partial charge in [-0.2, -0.15) is 0 Å². The number of rotatable bonds is 4. The fourth-order valence-corrected chi connectivity index (χ4v) is 0.496. The summed E-state index contributed by atoms with van der Waals surface area (Å²) >= 11 is 0. The predicted octanol–water partition coefficient (Wildman–Crippen LogP) is 2.62. The van der Waals surface area contributed by atoms with E-state index in [1.165, 1.54) is 0 Å². The van der Waals surface area contributed by atoms with Gasteiger partial charge in [-0.3, -0.25) is 0 Å². The summed E-state index contributed by atoms with van der Waals surface area (Å²) in [7, 11) is 0. The van der Waals surface area contributed by atoms with E-state index in [0.717, 1.165) is 6.61 Å². The minimum absolute atomic E-state index is 0.371. The molecule has 0 aliphatic rings. The van der Waals surface area contributed by atoms with E-state index in [9.17, 15) is 0 Å². The Morgan fingerprint density at radius 3 is 2.30 bits per heavy atom. The zero-order valence-corrected chi connectivity index (χ0v) is 7.42. The normalized spacial score (nSPS) is 14.9. The zero-order chi connectivity index (χ0) is 7.98. The van der Waals surface area contributed by atoms with Gasteiger partial charge in [0, 0.05) is 0 Å². The van der Waals surface area contributed by atoms with Crippen LogP contribution in [0.4, 0.5) is 0 Å². The van der Waals surface area contributed by atoms with Crippen molar-refractivity contribution >= 4 is 0 Å². The van der Waals surface area contributed by atoms with Gasteiger partial charge in [0.2, 0.25) is 0 Å². The van der Waals surface area contributed by atoms with Crippen molar-refractivity contribution in [2.75, 3.05) is 6.61 Å². The van der Waals surface area contributed by atoms with E-state index in [-0.39, 0.29) is 0 Å². The van der Waals surface area contributed by atoms with Crippen LogP contribution in [0.15, 0.2) is 12.2 Å². The molecule has 0 aromatic rings. The molecule has 0 saturated heterocycles. The summed E-state index contributed by atoms with van der Waals surface area (Å²) < 4.78 is 5.46. The minimum Gasteiger partial charge on any atom is -0.374 e. The van der Waals surface area contributed by atoms with E-state index in [0.29, 0.717) is 12.0 Å². The Labute approximate surface area is 64.1 Å². The summed E-state index contributed by atoms with van der Waals surface area (Å²) in [5.74, 6) is 0.616. The van der Waals surface area contributed by atoms with Gasteiger partial charge in [-0.05, 0) is 19.8 Å².